The number of nitrogens with zero attached hydrogens (tertiary/aromatic N) is 3. The van der Waals surface area contributed by atoms with Crippen molar-refractivity contribution < 1.29 is 21.6 Å². The smallest absolute Gasteiger partial charge is 0.254 e. The lowest BCUT2D eigenvalue weighted by Crippen LogP contribution is -2.49. The molecule has 3 N–H and O–H groups in total. The summed E-state index contributed by atoms with van der Waals surface area (Å²) in [5.74, 6) is 0.222. The van der Waals surface area contributed by atoms with E-state index in [0.717, 1.165) is 42.3 Å². The molecule has 4 rings (SSSR count). The Hall–Kier alpha value is -2.02. The highest BCUT2D eigenvalue weighted by Gasteiger charge is 2.42. The Morgan fingerprint density at radius 3 is 2.69 bits per heavy atom. The minimum Gasteiger partial charge on any atom is -0.254 e. The van der Waals surface area contributed by atoms with E-state index in [2.05, 4.69) is 25.7 Å². The van der Waals surface area contributed by atoms with Gasteiger partial charge in [-0.3, -0.25) is 10.9 Å². The summed E-state index contributed by atoms with van der Waals surface area (Å²) in [6, 6.07) is 2.14. The number of aromatic nitrogens is 3. The zero-order valence-electron chi connectivity index (χ0n) is 15.5. The number of halogens is 3. The first-order chi connectivity index (χ1) is 13.6. The van der Waals surface area contributed by atoms with E-state index in [9.17, 15) is 21.6 Å². The monoisotopic (exact) mass is 430 g/mol. The second-order valence-electron chi connectivity index (χ2n) is 7.44. The third-order valence-electron chi connectivity index (χ3n) is 5.52. The molecule has 4 unspecified atom stereocenters. The van der Waals surface area contributed by atoms with Crippen molar-refractivity contribution in [1.29, 1.82) is 0 Å². The fourth-order valence-electron chi connectivity index (χ4n) is 4.09. The molecule has 158 valence electrons. The number of sulfonamides is 1. The lowest BCUT2D eigenvalue weighted by Gasteiger charge is -2.34. The number of rotatable bonds is 4. The largest absolute Gasteiger partial charge is 0.417 e. The summed E-state index contributed by atoms with van der Waals surface area (Å²) in [7, 11) is -3.84. The van der Waals surface area contributed by atoms with Crippen LogP contribution >= 0.6 is 0 Å². The maximum Gasteiger partial charge on any atom is 0.417 e. The molecule has 2 aliphatic rings. The van der Waals surface area contributed by atoms with E-state index in [4.69, 9.17) is 0 Å². The van der Waals surface area contributed by atoms with Crippen molar-refractivity contribution in [3.63, 3.8) is 0 Å². The molecule has 8 nitrogen and oxygen atoms in total. The highest BCUT2D eigenvalue weighted by Crippen LogP contribution is 2.32. The molecule has 1 aliphatic heterocycles. The summed E-state index contributed by atoms with van der Waals surface area (Å²) in [5, 5.41) is 3.95. The quantitative estimate of drug-likeness (QED) is 0.681. The van der Waals surface area contributed by atoms with E-state index in [1.54, 1.807) is 0 Å². The lowest BCUT2D eigenvalue weighted by atomic mass is 9.79. The molecule has 0 amide bonds. The van der Waals surface area contributed by atoms with E-state index in [1.165, 1.54) is 6.20 Å². The van der Waals surface area contributed by atoms with Crippen molar-refractivity contribution in [2.24, 2.45) is 5.92 Å². The fraction of sp³-hybridized carbons (Fsp3) is 0.529. The van der Waals surface area contributed by atoms with E-state index < -0.39 is 21.8 Å². The molecular formula is C17H21F3N6O2S. The van der Waals surface area contributed by atoms with Gasteiger partial charge in [0.2, 0.25) is 10.0 Å². The van der Waals surface area contributed by atoms with Gasteiger partial charge in [0.15, 0.2) is 5.82 Å². The van der Waals surface area contributed by atoms with Crippen molar-refractivity contribution >= 4 is 10.0 Å². The van der Waals surface area contributed by atoms with Crippen molar-refractivity contribution in [2.75, 3.05) is 0 Å². The first kappa shape index (κ1) is 20.3. The van der Waals surface area contributed by atoms with Crippen LogP contribution in [0, 0.1) is 5.92 Å². The van der Waals surface area contributed by atoms with Gasteiger partial charge < -0.3 is 0 Å². The normalized spacial score (nSPS) is 27.7. The molecule has 2 aromatic rings. The molecule has 1 saturated carbocycles. The van der Waals surface area contributed by atoms with Gasteiger partial charge in [0.1, 0.15) is 4.90 Å². The molecule has 3 heterocycles. The fourth-order valence-corrected chi connectivity index (χ4v) is 5.32. The van der Waals surface area contributed by atoms with Crippen LogP contribution in [0.5, 0.6) is 0 Å². The van der Waals surface area contributed by atoms with Crippen LogP contribution < -0.4 is 15.6 Å². The standard InChI is InChI=1S/C17H21F3N6O2S/c1-10-16-13(24-23-10)3-2-4-14(16)25-29(27,28)12-8-22-26(9-12)15-6-5-11(7-21-15)17(18,19)20/h5-10,13-14,16,23-25H,2-4H2,1H3. The van der Waals surface area contributed by atoms with Gasteiger partial charge in [-0.2, -0.15) is 18.3 Å². The second-order valence-corrected chi connectivity index (χ2v) is 9.16. The zero-order valence-corrected chi connectivity index (χ0v) is 16.3. The summed E-state index contributed by atoms with van der Waals surface area (Å²) in [6.45, 7) is 2.01. The van der Waals surface area contributed by atoms with Crippen LogP contribution in [0.15, 0.2) is 35.6 Å². The van der Waals surface area contributed by atoms with Crippen LogP contribution in [0.2, 0.25) is 0 Å². The molecule has 0 bridgehead atoms. The lowest BCUT2D eigenvalue weighted by molar-refractivity contribution is -0.137. The van der Waals surface area contributed by atoms with Crippen LogP contribution in [-0.4, -0.2) is 41.3 Å². The van der Waals surface area contributed by atoms with E-state index in [-0.39, 0.29) is 34.8 Å². The van der Waals surface area contributed by atoms with Crippen molar-refractivity contribution in [1.82, 2.24) is 30.3 Å². The van der Waals surface area contributed by atoms with Crippen LogP contribution in [0.25, 0.3) is 5.82 Å². The van der Waals surface area contributed by atoms with Gasteiger partial charge in [-0.15, -0.1) is 0 Å². The minimum atomic E-state index is -4.49. The molecule has 29 heavy (non-hydrogen) atoms. The van der Waals surface area contributed by atoms with E-state index >= 15 is 0 Å². The average Bonchev–Trinajstić information content (AvgIpc) is 3.29. The Kier molecular flexibility index (Phi) is 5.13. The van der Waals surface area contributed by atoms with Gasteiger partial charge in [-0.1, -0.05) is 6.42 Å². The number of pyridine rings is 1. The first-order valence-electron chi connectivity index (χ1n) is 9.27. The Balaban J connectivity index is 1.52. The van der Waals surface area contributed by atoms with E-state index in [0.29, 0.717) is 6.20 Å². The van der Waals surface area contributed by atoms with Crippen LogP contribution in [0.1, 0.15) is 31.7 Å². The highest BCUT2D eigenvalue weighted by molar-refractivity contribution is 7.89. The molecular weight excluding hydrogens is 409 g/mol. The summed E-state index contributed by atoms with van der Waals surface area (Å²) in [4.78, 5) is 3.67. The zero-order chi connectivity index (χ0) is 20.8. The van der Waals surface area contributed by atoms with Crippen LogP contribution in [0.3, 0.4) is 0 Å². The molecule has 1 saturated heterocycles. The first-order valence-corrected chi connectivity index (χ1v) is 10.8. The van der Waals surface area contributed by atoms with Gasteiger partial charge in [0.05, 0.1) is 18.0 Å². The van der Waals surface area contributed by atoms with Gasteiger partial charge in [-0.05, 0) is 31.9 Å². The van der Waals surface area contributed by atoms with Gasteiger partial charge in [0.25, 0.3) is 0 Å². The highest BCUT2D eigenvalue weighted by atomic mass is 32.2. The second kappa shape index (κ2) is 7.35. The summed E-state index contributed by atoms with van der Waals surface area (Å²) < 4.78 is 67.6. The molecule has 0 spiro atoms. The van der Waals surface area contributed by atoms with Crippen molar-refractivity contribution in [3.8, 4) is 5.82 Å². The van der Waals surface area contributed by atoms with Crippen LogP contribution in [0.4, 0.5) is 13.2 Å². The molecule has 0 radical (unpaired) electrons. The molecule has 4 atom stereocenters. The maximum atomic E-state index is 12.9. The summed E-state index contributed by atoms with van der Waals surface area (Å²) in [5.41, 5.74) is 5.50. The van der Waals surface area contributed by atoms with Gasteiger partial charge in [-0.25, -0.2) is 22.8 Å². The molecule has 0 aromatic carbocycles. The number of hydrazine groups is 1. The Morgan fingerprint density at radius 2 is 2.00 bits per heavy atom. The van der Waals surface area contributed by atoms with Gasteiger partial charge >= 0.3 is 6.18 Å². The molecule has 1 aliphatic carbocycles. The van der Waals surface area contributed by atoms with Crippen LogP contribution in [-0.2, 0) is 16.2 Å². The predicted octanol–water partition coefficient (Wildman–Crippen LogP) is 1.60. The topological polar surface area (TPSA) is 101 Å². The SMILES string of the molecule is CC1NNC2CCCC(NS(=O)(=O)c3cnn(-c4ccc(C(F)(F)F)cn4)c3)C12. The predicted molar refractivity (Wildman–Crippen MR) is 97.3 cm³/mol. The average molecular weight is 430 g/mol. The van der Waals surface area contributed by atoms with Crippen molar-refractivity contribution in [2.45, 2.75) is 55.4 Å². The Labute approximate surface area is 165 Å². The van der Waals surface area contributed by atoms with Gasteiger partial charge in [0, 0.05) is 30.2 Å². The molecule has 12 heteroatoms. The number of nitrogens with one attached hydrogen (secondary N) is 3. The molecule has 2 aromatic heterocycles. The van der Waals surface area contributed by atoms with Crippen molar-refractivity contribution in [3.05, 3.63) is 36.3 Å². The summed E-state index contributed by atoms with van der Waals surface area (Å²) >= 11 is 0. The minimum absolute atomic E-state index is 0.0621. The number of fused-ring (bicyclic) bond motifs is 1. The number of hydrogen-bond acceptors (Lipinski definition) is 6. The third kappa shape index (κ3) is 4.02. The number of hydrogen-bond donors (Lipinski definition) is 3. The Morgan fingerprint density at radius 1 is 1.21 bits per heavy atom. The third-order valence-corrected chi connectivity index (χ3v) is 6.96. The molecule has 2 fully saturated rings. The Bertz CT molecular complexity index is 974. The van der Waals surface area contributed by atoms with E-state index in [1.807, 2.05) is 6.92 Å². The maximum absolute atomic E-state index is 12.9. The summed E-state index contributed by atoms with van der Waals surface area (Å²) in [6.07, 6.45) is 1.23. The number of alkyl halides is 3.